The maximum Gasteiger partial charge on any atom is 0.160 e. The standard InChI is InChI=1S/C38H23N3O/c1-2-11-24(12-3-1)35-28-13-4-7-17-32(28)40-37(41-35)25-20-21-26-27-14-10-22-39-36(27)38(31(26)23-25)29-15-5-8-18-33(29)42-34-19-9-6-16-30(34)38/h1-23H. The number of aromatic nitrogens is 3. The van der Waals surface area contributed by atoms with Crippen LogP contribution in [0, 0.1) is 0 Å². The molecule has 1 spiro atoms. The molecular weight excluding hydrogens is 514 g/mol. The zero-order valence-electron chi connectivity index (χ0n) is 22.5. The number of nitrogens with zero attached hydrogens (tertiary/aromatic N) is 3. The highest BCUT2D eigenvalue weighted by atomic mass is 16.5. The van der Waals surface area contributed by atoms with Crippen molar-refractivity contribution in [2.75, 3.05) is 0 Å². The summed E-state index contributed by atoms with van der Waals surface area (Å²) in [5.74, 6) is 2.39. The van der Waals surface area contributed by atoms with E-state index in [1.54, 1.807) is 0 Å². The molecule has 9 rings (SSSR count). The lowest BCUT2D eigenvalue weighted by molar-refractivity contribution is 0.434. The molecule has 4 heteroatoms. The van der Waals surface area contributed by atoms with Crippen LogP contribution in [0.5, 0.6) is 11.5 Å². The van der Waals surface area contributed by atoms with Crippen LogP contribution in [-0.2, 0) is 5.41 Å². The predicted molar refractivity (Wildman–Crippen MR) is 166 cm³/mol. The van der Waals surface area contributed by atoms with Gasteiger partial charge in [0.25, 0.3) is 0 Å². The Morgan fingerprint density at radius 1 is 0.524 bits per heavy atom. The minimum atomic E-state index is -0.632. The predicted octanol–water partition coefficient (Wildman–Crippen LogP) is 8.83. The van der Waals surface area contributed by atoms with E-state index < -0.39 is 5.41 Å². The topological polar surface area (TPSA) is 47.9 Å². The van der Waals surface area contributed by atoms with Crippen LogP contribution in [0.1, 0.15) is 22.4 Å². The van der Waals surface area contributed by atoms with Gasteiger partial charge in [-0.3, -0.25) is 4.98 Å². The van der Waals surface area contributed by atoms with Gasteiger partial charge in [-0.25, -0.2) is 9.97 Å². The molecule has 2 aromatic heterocycles. The molecule has 0 N–H and O–H groups in total. The second-order valence-corrected chi connectivity index (χ2v) is 10.8. The number of hydrogen-bond acceptors (Lipinski definition) is 4. The Kier molecular flexibility index (Phi) is 4.79. The van der Waals surface area contributed by atoms with E-state index in [2.05, 4.69) is 97.1 Å². The van der Waals surface area contributed by atoms with Crippen LogP contribution >= 0.6 is 0 Å². The summed E-state index contributed by atoms with van der Waals surface area (Å²) in [6.07, 6.45) is 1.90. The van der Waals surface area contributed by atoms with Gasteiger partial charge < -0.3 is 4.74 Å². The third-order valence-corrected chi connectivity index (χ3v) is 8.59. The smallest absolute Gasteiger partial charge is 0.160 e. The van der Waals surface area contributed by atoms with Crippen LogP contribution in [-0.4, -0.2) is 15.0 Å². The number of hydrogen-bond donors (Lipinski definition) is 0. The SMILES string of the molecule is c1ccc(-c2nc(-c3ccc4c(c3)C3(c5ccccc5Oc5ccccc53)c3ncccc3-4)nc3ccccc23)cc1. The van der Waals surface area contributed by atoms with Crippen LogP contribution in [0.4, 0.5) is 0 Å². The van der Waals surface area contributed by atoms with Crippen LogP contribution < -0.4 is 4.74 Å². The van der Waals surface area contributed by atoms with E-state index in [1.165, 1.54) is 0 Å². The van der Waals surface area contributed by atoms with Crippen molar-refractivity contribution < 1.29 is 4.74 Å². The molecule has 3 heterocycles. The first-order chi connectivity index (χ1) is 20.8. The third kappa shape index (κ3) is 3.09. The van der Waals surface area contributed by atoms with E-state index in [1.807, 2.05) is 42.6 Å². The molecule has 0 fully saturated rings. The molecule has 0 atom stereocenters. The summed E-state index contributed by atoms with van der Waals surface area (Å²) in [5, 5.41) is 1.04. The lowest BCUT2D eigenvalue weighted by atomic mass is 9.67. The van der Waals surface area contributed by atoms with Crippen molar-refractivity contribution in [2.45, 2.75) is 5.41 Å². The summed E-state index contributed by atoms with van der Waals surface area (Å²) >= 11 is 0. The minimum Gasteiger partial charge on any atom is -0.457 e. The molecule has 1 aliphatic carbocycles. The van der Waals surface area contributed by atoms with Gasteiger partial charge in [0.15, 0.2) is 5.82 Å². The van der Waals surface area contributed by atoms with E-state index >= 15 is 0 Å². The van der Waals surface area contributed by atoms with Gasteiger partial charge in [0.1, 0.15) is 11.5 Å². The molecule has 2 aliphatic rings. The molecule has 5 aromatic carbocycles. The Morgan fingerprint density at radius 3 is 2.05 bits per heavy atom. The molecule has 1 aliphatic heterocycles. The van der Waals surface area contributed by atoms with E-state index in [4.69, 9.17) is 19.7 Å². The van der Waals surface area contributed by atoms with Gasteiger partial charge in [-0.15, -0.1) is 0 Å². The monoisotopic (exact) mass is 537 g/mol. The summed E-state index contributed by atoms with van der Waals surface area (Å²) in [6, 6.07) is 46.1. The number of pyridine rings is 1. The van der Waals surface area contributed by atoms with Crippen molar-refractivity contribution in [3.63, 3.8) is 0 Å². The van der Waals surface area contributed by atoms with Crippen LogP contribution in [0.25, 0.3) is 44.7 Å². The fraction of sp³-hybridized carbons (Fsp3) is 0.0263. The first-order valence-corrected chi connectivity index (χ1v) is 14.1. The van der Waals surface area contributed by atoms with Gasteiger partial charge in [-0.2, -0.15) is 0 Å². The van der Waals surface area contributed by atoms with Crippen molar-refractivity contribution in [2.24, 2.45) is 0 Å². The Balaban J connectivity index is 1.35. The fourth-order valence-corrected chi connectivity index (χ4v) is 6.84. The van der Waals surface area contributed by atoms with Gasteiger partial charge in [0.2, 0.25) is 0 Å². The molecule has 0 amide bonds. The van der Waals surface area contributed by atoms with Crippen LogP contribution in [0.2, 0.25) is 0 Å². The van der Waals surface area contributed by atoms with Gasteiger partial charge >= 0.3 is 0 Å². The molecule has 0 bridgehead atoms. The second-order valence-electron chi connectivity index (χ2n) is 10.8. The highest BCUT2D eigenvalue weighted by molar-refractivity contribution is 5.94. The van der Waals surface area contributed by atoms with Crippen molar-refractivity contribution in [3.8, 4) is 45.3 Å². The summed E-state index contributed by atoms with van der Waals surface area (Å²) < 4.78 is 6.47. The van der Waals surface area contributed by atoms with Crippen molar-refractivity contribution in [1.82, 2.24) is 15.0 Å². The lowest BCUT2D eigenvalue weighted by Gasteiger charge is -2.38. The number of para-hydroxylation sites is 3. The largest absolute Gasteiger partial charge is 0.457 e. The first-order valence-electron chi connectivity index (χ1n) is 14.1. The molecule has 0 saturated carbocycles. The van der Waals surface area contributed by atoms with Gasteiger partial charge in [-0.05, 0) is 41.5 Å². The summed E-state index contributed by atoms with van der Waals surface area (Å²) in [7, 11) is 0. The zero-order chi connectivity index (χ0) is 27.7. The van der Waals surface area contributed by atoms with E-state index in [9.17, 15) is 0 Å². The average molecular weight is 538 g/mol. The molecular formula is C38H23N3O. The molecule has 4 nitrogen and oxygen atoms in total. The minimum absolute atomic E-state index is 0.632. The van der Waals surface area contributed by atoms with E-state index in [0.29, 0.717) is 5.82 Å². The van der Waals surface area contributed by atoms with Gasteiger partial charge in [-0.1, -0.05) is 103 Å². The Morgan fingerprint density at radius 2 is 1.24 bits per heavy atom. The molecule has 42 heavy (non-hydrogen) atoms. The maximum atomic E-state index is 6.47. The number of ether oxygens (including phenoxy) is 1. The number of rotatable bonds is 2. The van der Waals surface area contributed by atoms with Crippen LogP contribution in [0.3, 0.4) is 0 Å². The molecule has 7 aromatic rings. The normalized spacial score (nSPS) is 13.6. The zero-order valence-corrected chi connectivity index (χ0v) is 22.5. The van der Waals surface area contributed by atoms with E-state index in [-0.39, 0.29) is 0 Å². The van der Waals surface area contributed by atoms with Crippen molar-refractivity contribution >= 4 is 10.9 Å². The highest BCUT2D eigenvalue weighted by Gasteiger charge is 2.52. The number of fused-ring (bicyclic) bond motifs is 10. The fourth-order valence-electron chi connectivity index (χ4n) is 6.84. The average Bonchev–Trinajstić information content (AvgIpc) is 3.35. The molecule has 196 valence electrons. The molecule has 0 radical (unpaired) electrons. The molecule has 0 unspecified atom stereocenters. The third-order valence-electron chi connectivity index (χ3n) is 8.59. The summed E-state index contributed by atoms with van der Waals surface area (Å²) in [5.41, 5.74) is 9.90. The number of benzene rings is 5. The highest BCUT2D eigenvalue weighted by Crippen LogP contribution is 2.61. The summed E-state index contributed by atoms with van der Waals surface area (Å²) in [6.45, 7) is 0. The first kappa shape index (κ1) is 23.1. The van der Waals surface area contributed by atoms with Crippen LogP contribution in [0.15, 0.2) is 140 Å². The Hall–Kier alpha value is -5.61. The maximum absolute atomic E-state index is 6.47. The Bertz CT molecular complexity index is 2140. The van der Waals surface area contributed by atoms with Crippen molar-refractivity contribution in [3.05, 3.63) is 162 Å². The van der Waals surface area contributed by atoms with Gasteiger partial charge in [0, 0.05) is 39.4 Å². The second kappa shape index (κ2) is 8.69. The summed E-state index contributed by atoms with van der Waals surface area (Å²) in [4.78, 5) is 15.3. The van der Waals surface area contributed by atoms with E-state index in [0.717, 1.165) is 72.7 Å². The Labute approximate surface area is 243 Å². The van der Waals surface area contributed by atoms with Crippen molar-refractivity contribution in [1.29, 1.82) is 0 Å². The van der Waals surface area contributed by atoms with Gasteiger partial charge in [0.05, 0.1) is 22.3 Å². The lowest BCUT2D eigenvalue weighted by Crippen LogP contribution is -2.33. The molecule has 0 saturated heterocycles. The quantitative estimate of drug-likeness (QED) is 0.221.